The molecule has 2 aromatic rings. The van der Waals surface area contributed by atoms with Crippen molar-refractivity contribution < 1.29 is 0 Å². The predicted molar refractivity (Wildman–Crippen MR) is 81.0 cm³/mol. The van der Waals surface area contributed by atoms with Gasteiger partial charge in [-0.2, -0.15) is 0 Å². The van der Waals surface area contributed by atoms with Crippen LogP contribution in [-0.4, -0.2) is 28.5 Å². The molecule has 2 unspecified atom stereocenters. The zero-order valence-corrected chi connectivity index (χ0v) is 12.5. The monoisotopic (exact) mass is 278 g/mol. The topological polar surface area (TPSA) is 46.6 Å². The van der Waals surface area contributed by atoms with Crippen LogP contribution in [0.15, 0.2) is 11.6 Å². The third kappa shape index (κ3) is 2.25. The molecule has 19 heavy (non-hydrogen) atoms. The van der Waals surface area contributed by atoms with Crippen LogP contribution >= 0.6 is 11.3 Å². The first-order chi connectivity index (χ1) is 9.20. The molecular formula is C14H22N4S. The number of piperidine rings is 1. The third-order valence-corrected chi connectivity index (χ3v) is 4.89. The molecule has 2 atom stereocenters. The van der Waals surface area contributed by atoms with Gasteiger partial charge in [0.25, 0.3) is 0 Å². The second kappa shape index (κ2) is 5.13. The molecule has 1 aliphatic rings. The molecule has 0 aromatic carbocycles. The Morgan fingerprint density at radius 2 is 2.32 bits per heavy atom. The Bertz CT molecular complexity index is 559. The van der Waals surface area contributed by atoms with Crippen molar-refractivity contribution in [1.29, 1.82) is 0 Å². The van der Waals surface area contributed by atoms with Gasteiger partial charge in [0.1, 0.15) is 0 Å². The predicted octanol–water partition coefficient (Wildman–Crippen LogP) is 2.52. The highest BCUT2D eigenvalue weighted by molar-refractivity contribution is 7.15. The number of nitrogens with two attached hydrogens (primary N) is 1. The summed E-state index contributed by atoms with van der Waals surface area (Å²) in [6, 6.07) is 0.574. The lowest BCUT2D eigenvalue weighted by Crippen LogP contribution is -2.41. The maximum absolute atomic E-state index is 5.78. The summed E-state index contributed by atoms with van der Waals surface area (Å²) in [5, 5.41) is 2.09. The SMILES string of the molecule is CC1CCN(c2nc3sccn3c2CCN)C(C)C1. The second-order valence-electron chi connectivity index (χ2n) is 5.65. The van der Waals surface area contributed by atoms with Crippen molar-refractivity contribution >= 4 is 22.1 Å². The summed E-state index contributed by atoms with van der Waals surface area (Å²) < 4.78 is 2.21. The van der Waals surface area contributed by atoms with Crippen molar-refractivity contribution in [2.75, 3.05) is 18.0 Å². The maximum atomic E-state index is 5.78. The van der Waals surface area contributed by atoms with Crippen LogP contribution < -0.4 is 10.6 Å². The third-order valence-electron chi connectivity index (χ3n) is 4.13. The van der Waals surface area contributed by atoms with Crippen molar-refractivity contribution in [2.45, 2.75) is 39.2 Å². The molecule has 0 bridgehead atoms. The average Bonchev–Trinajstić information content (AvgIpc) is 2.93. The highest BCUT2D eigenvalue weighted by Gasteiger charge is 2.27. The van der Waals surface area contributed by atoms with E-state index in [1.54, 1.807) is 11.3 Å². The smallest absolute Gasteiger partial charge is 0.195 e. The highest BCUT2D eigenvalue weighted by Crippen LogP contribution is 2.31. The summed E-state index contributed by atoms with van der Waals surface area (Å²) in [4.78, 5) is 8.41. The number of rotatable bonds is 3. The van der Waals surface area contributed by atoms with Gasteiger partial charge >= 0.3 is 0 Å². The van der Waals surface area contributed by atoms with Gasteiger partial charge in [0.05, 0.1) is 5.69 Å². The van der Waals surface area contributed by atoms with E-state index >= 15 is 0 Å². The molecule has 4 nitrogen and oxygen atoms in total. The number of thiazole rings is 1. The van der Waals surface area contributed by atoms with E-state index in [0.29, 0.717) is 12.6 Å². The van der Waals surface area contributed by atoms with E-state index < -0.39 is 0 Å². The lowest BCUT2D eigenvalue weighted by Gasteiger charge is -2.37. The van der Waals surface area contributed by atoms with Crippen molar-refractivity contribution in [3.63, 3.8) is 0 Å². The molecule has 0 aliphatic carbocycles. The van der Waals surface area contributed by atoms with Crippen LogP contribution in [0.2, 0.25) is 0 Å². The van der Waals surface area contributed by atoms with Gasteiger partial charge in [-0.15, -0.1) is 11.3 Å². The number of anilines is 1. The first-order valence-corrected chi connectivity index (χ1v) is 7.99. The molecule has 3 heterocycles. The Morgan fingerprint density at radius 1 is 1.47 bits per heavy atom. The van der Waals surface area contributed by atoms with Crippen LogP contribution in [0, 0.1) is 5.92 Å². The fraction of sp³-hybridized carbons (Fsp3) is 0.643. The molecule has 5 heteroatoms. The van der Waals surface area contributed by atoms with Gasteiger partial charge in [0.2, 0.25) is 0 Å². The number of nitrogens with zero attached hydrogens (tertiary/aromatic N) is 3. The normalized spacial score (nSPS) is 24.3. The average molecular weight is 278 g/mol. The van der Waals surface area contributed by atoms with Gasteiger partial charge in [0.15, 0.2) is 10.8 Å². The van der Waals surface area contributed by atoms with Crippen LogP contribution in [0.25, 0.3) is 4.96 Å². The van der Waals surface area contributed by atoms with Gasteiger partial charge in [-0.05, 0) is 32.2 Å². The molecule has 0 saturated carbocycles. The minimum Gasteiger partial charge on any atom is -0.352 e. The van der Waals surface area contributed by atoms with Crippen LogP contribution in [0.5, 0.6) is 0 Å². The highest BCUT2D eigenvalue weighted by atomic mass is 32.1. The first kappa shape index (κ1) is 12.9. The zero-order valence-electron chi connectivity index (χ0n) is 11.7. The van der Waals surface area contributed by atoms with Gasteiger partial charge in [-0.1, -0.05) is 6.92 Å². The van der Waals surface area contributed by atoms with Crippen molar-refractivity contribution in [2.24, 2.45) is 11.7 Å². The Kier molecular flexibility index (Phi) is 3.50. The molecule has 2 aromatic heterocycles. The van der Waals surface area contributed by atoms with E-state index in [9.17, 15) is 0 Å². The first-order valence-electron chi connectivity index (χ1n) is 7.12. The number of aromatic nitrogens is 2. The second-order valence-corrected chi connectivity index (χ2v) is 6.52. The molecule has 1 saturated heterocycles. The fourth-order valence-electron chi connectivity index (χ4n) is 3.14. The number of fused-ring (bicyclic) bond motifs is 1. The molecule has 0 amide bonds. The molecule has 2 N–H and O–H groups in total. The summed E-state index contributed by atoms with van der Waals surface area (Å²) in [5.41, 5.74) is 7.06. The Morgan fingerprint density at radius 3 is 3.05 bits per heavy atom. The van der Waals surface area contributed by atoms with Gasteiger partial charge in [-0.3, -0.25) is 4.40 Å². The Hall–Kier alpha value is -1.07. The molecule has 0 radical (unpaired) electrons. The van der Waals surface area contributed by atoms with E-state index in [0.717, 1.165) is 29.7 Å². The molecule has 104 valence electrons. The summed E-state index contributed by atoms with van der Waals surface area (Å²) in [6.45, 7) is 6.45. The fourth-order valence-corrected chi connectivity index (χ4v) is 3.87. The lowest BCUT2D eigenvalue weighted by atomic mass is 9.93. The quantitative estimate of drug-likeness (QED) is 0.938. The zero-order chi connectivity index (χ0) is 13.4. The van der Waals surface area contributed by atoms with Crippen LogP contribution in [0.1, 0.15) is 32.4 Å². The number of hydrogen-bond donors (Lipinski definition) is 1. The van der Waals surface area contributed by atoms with Crippen LogP contribution in [-0.2, 0) is 6.42 Å². The summed E-state index contributed by atoms with van der Waals surface area (Å²) in [5.74, 6) is 1.99. The van der Waals surface area contributed by atoms with Crippen LogP contribution in [0.4, 0.5) is 5.82 Å². The van der Waals surface area contributed by atoms with E-state index in [4.69, 9.17) is 10.7 Å². The summed E-state index contributed by atoms with van der Waals surface area (Å²) in [6.07, 6.45) is 5.52. The number of imidazole rings is 1. The van der Waals surface area contributed by atoms with Crippen molar-refractivity contribution in [3.05, 3.63) is 17.3 Å². The number of hydrogen-bond acceptors (Lipinski definition) is 4. The van der Waals surface area contributed by atoms with Crippen LogP contribution in [0.3, 0.4) is 0 Å². The van der Waals surface area contributed by atoms with Gasteiger partial charge in [-0.25, -0.2) is 4.98 Å². The molecule has 0 spiro atoms. The van der Waals surface area contributed by atoms with Crippen molar-refractivity contribution in [3.8, 4) is 0 Å². The lowest BCUT2D eigenvalue weighted by molar-refractivity contribution is 0.375. The molecule has 1 aliphatic heterocycles. The Balaban J connectivity index is 1.99. The van der Waals surface area contributed by atoms with E-state index in [-0.39, 0.29) is 0 Å². The van der Waals surface area contributed by atoms with E-state index in [1.807, 2.05) is 0 Å². The van der Waals surface area contributed by atoms with E-state index in [2.05, 4.69) is 34.7 Å². The Labute approximate surface area is 118 Å². The standard InChI is InChI=1S/C14H22N4S/c1-10-4-6-17(11(2)9-10)13-12(3-5-15)18-7-8-19-14(18)16-13/h7-8,10-11H,3-6,9,15H2,1-2H3. The van der Waals surface area contributed by atoms with E-state index in [1.165, 1.54) is 18.5 Å². The summed E-state index contributed by atoms with van der Waals surface area (Å²) in [7, 11) is 0. The molecular weight excluding hydrogens is 256 g/mol. The molecule has 1 fully saturated rings. The molecule has 3 rings (SSSR count). The minimum atomic E-state index is 0.574. The van der Waals surface area contributed by atoms with Gasteiger partial charge < -0.3 is 10.6 Å². The largest absolute Gasteiger partial charge is 0.352 e. The minimum absolute atomic E-state index is 0.574. The van der Waals surface area contributed by atoms with Gasteiger partial charge in [0, 0.05) is 30.6 Å². The maximum Gasteiger partial charge on any atom is 0.195 e. The van der Waals surface area contributed by atoms with Crippen molar-refractivity contribution in [1.82, 2.24) is 9.38 Å². The summed E-state index contributed by atoms with van der Waals surface area (Å²) >= 11 is 1.70.